The van der Waals surface area contributed by atoms with Crippen molar-refractivity contribution in [2.75, 3.05) is 11.9 Å². The van der Waals surface area contributed by atoms with Gasteiger partial charge in [-0.2, -0.15) is 0 Å². The number of hydrogen-bond donors (Lipinski definition) is 1. The van der Waals surface area contributed by atoms with Gasteiger partial charge in [0, 0.05) is 11.9 Å². The highest BCUT2D eigenvalue weighted by Crippen LogP contribution is 2.46. The van der Waals surface area contributed by atoms with Crippen LogP contribution in [0.25, 0.3) is 0 Å². The van der Waals surface area contributed by atoms with Gasteiger partial charge in [-0.1, -0.05) is 39.7 Å². The van der Waals surface area contributed by atoms with Crippen LogP contribution in [0, 0.1) is 19.3 Å². The van der Waals surface area contributed by atoms with E-state index in [0.717, 1.165) is 17.4 Å². The van der Waals surface area contributed by atoms with Gasteiger partial charge in [0.15, 0.2) is 0 Å². The Balaban J connectivity index is 1.89. The minimum Gasteiger partial charge on any atom is -0.355 e. The Hall–Kier alpha value is -0.830. The normalized spacial score (nSPS) is 16.4. The first-order valence-electron chi connectivity index (χ1n) is 6.43. The summed E-state index contributed by atoms with van der Waals surface area (Å²) in [4.78, 5) is 11.9. The number of carbonyl (C=O) groups excluding carboxylic acids is 1. The van der Waals surface area contributed by atoms with Gasteiger partial charge >= 0.3 is 0 Å². The van der Waals surface area contributed by atoms with Crippen molar-refractivity contribution in [1.29, 1.82) is 0 Å². The number of nitrogens with one attached hydrogen (secondary N) is 1. The largest absolute Gasteiger partial charge is 0.355 e. The predicted octanol–water partition coefficient (Wildman–Crippen LogP) is 3.14. The fourth-order valence-corrected chi connectivity index (χ4v) is 2.81. The van der Waals surface area contributed by atoms with Crippen molar-refractivity contribution in [3.05, 3.63) is 34.9 Å². The highest BCUT2D eigenvalue weighted by atomic mass is 79.9. The van der Waals surface area contributed by atoms with Crippen molar-refractivity contribution in [3.63, 3.8) is 0 Å². The maximum absolute atomic E-state index is 11.9. The second kappa shape index (κ2) is 5.43. The van der Waals surface area contributed by atoms with E-state index in [1.54, 1.807) is 0 Å². The Morgan fingerprint density at radius 3 is 2.72 bits per heavy atom. The lowest BCUT2D eigenvalue weighted by Crippen LogP contribution is -2.32. The molecule has 1 aliphatic rings. The summed E-state index contributed by atoms with van der Waals surface area (Å²) in [7, 11) is 0. The minimum atomic E-state index is 0.135. The van der Waals surface area contributed by atoms with E-state index < -0.39 is 0 Å². The number of rotatable bonds is 5. The summed E-state index contributed by atoms with van der Waals surface area (Å²) in [5, 5.41) is 4.05. The Bertz CT molecular complexity index is 452. The Labute approximate surface area is 117 Å². The fraction of sp³-hybridized carbons (Fsp3) is 0.533. The molecule has 0 saturated heterocycles. The summed E-state index contributed by atoms with van der Waals surface area (Å²) < 4.78 is 0. The van der Waals surface area contributed by atoms with E-state index in [-0.39, 0.29) is 5.91 Å². The first-order valence-corrected chi connectivity index (χ1v) is 7.56. The van der Waals surface area contributed by atoms with Crippen molar-refractivity contribution >= 4 is 21.8 Å². The first kappa shape index (κ1) is 13.6. The second-order valence-corrected chi connectivity index (χ2v) is 6.08. The van der Waals surface area contributed by atoms with Crippen LogP contribution in [0.15, 0.2) is 18.2 Å². The lowest BCUT2D eigenvalue weighted by molar-refractivity contribution is -0.120. The third-order valence-corrected chi connectivity index (χ3v) is 4.95. The smallest absolute Gasteiger partial charge is 0.224 e. The zero-order chi connectivity index (χ0) is 13.2. The summed E-state index contributed by atoms with van der Waals surface area (Å²) in [6.07, 6.45) is 2.94. The highest BCUT2D eigenvalue weighted by molar-refractivity contribution is 9.09. The molecular weight excluding hydrogens is 290 g/mol. The van der Waals surface area contributed by atoms with E-state index in [2.05, 4.69) is 53.3 Å². The Morgan fingerprint density at radius 2 is 2.11 bits per heavy atom. The van der Waals surface area contributed by atoms with Crippen molar-refractivity contribution < 1.29 is 4.79 Å². The molecule has 0 radical (unpaired) electrons. The van der Waals surface area contributed by atoms with Crippen LogP contribution in [-0.4, -0.2) is 17.8 Å². The molecule has 1 aromatic carbocycles. The number of alkyl halides is 1. The van der Waals surface area contributed by atoms with Crippen LogP contribution in [0.2, 0.25) is 0 Å². The number of hydrogen-bond acceptors (Lipinski definition) is 1. The molecule has 0 aromatic heterocycles. The van der Waals surface area contributed by atoms with Crippen LogP contribution in [0.4, 0.5) is 0 Å². The molecule has 0 unspecified atom stereocenters. The van der Waals surface area contributed by atoms with Gasteiger partial charge < -0.3 is 5.32 Å². The predicted molar refractivity (Wildman–Crippen MR) is 78.1 cm³/mol. The highest BCUT2D eigenvalue weighted by Gasteiger charge is 2.41. The van der Waals surface area contributed by atoms with E-state index in [1.807, 2.05) is 0 Å². The van der Waals surface area contributed by atoms with Gasteiger partial charge in [-0.25, -0.2) is 0 Å². The number of amides is 1. The molecule has 1 aliphatic carbocycles. The average Bonchev–Trinajstić information content (AvgIpc) is 3.12. The van der Waals surface area contributed by atoms with E-state index in [4.69, 9.17) is 0 Å². The lowest BCUT2D eigenvalue weighted by atomic mass is 10.0. The molecule has 1 saturated carbocycles. The van der Waals surface area contributed by atoms with Gasteiger partial charge in [0.25, 0.3) is 0 Å². The molecule has 18 heavy (non-hydrogen) atoms. The summed E-state index contributed by atoms with van der Waals surface area (Å²) in [6, 6.07) is 6.27. The minimum absolute atomic E-state index is 0.135. The third kappa shape index (κ3) is 3.35. The van der Waals surface area contributed by atoms with E-state index >= 15 is 0 Å². The standard InChI is InChI=1S/C15H20BrNO/c1-11-3-4-12(2)13(7-11)8-14(18)17-10-15(9-16)5-6-15/h3-4,7H,5-6,8-10H2,1-2H3,(H,17,18). The molecule has 2 rings (SSSR count). The van der Waals surface area contributed by atoms with E-state index in [1.165, 1.54) is 24.0 Å². The molecule has 1 N–H and O–H groups in total. The Kier molecular flexibility index (Phi) is 4.10. The van der Waals surface area contributed by atoms with Gasteiger partial charge in [-0.05, 0) is 43.2 Å². The van der Waals surface area contributed by atoms with Crippen molar-refractivity contribution in [2.45, 2.75) is 33.1 Å². The van der Waals surface area contributed by atoms with Gasteiger partial charge in [0.05, 0.1) is 6.42 Å². The number of carbonyl (C=O) groups is 1. The molecule has 3 heteroatoms. The molecule has 0 bridgehead atoms. The molecule has 1 amide bonds. The van der Waals surface area contributed by atoms with Crippen molar-refractivity contribution in [3.8, 4) is 0 Å². The van der Waals surface area contributed by atoms with Crippen LogP contribution < -0.4 is 5.32 Å². The van der Waals surface area contributed by atoms with Crippen LogP contribution in [-0.2, 0) is 11.2 Å². The summed E-state index contributed by atoms with van der Waals surface area (Å²) in [6.45, 7) is 4.93. The fourth-order valence-electron chi connectivity index (χ4n) is 2.05. The van der Waals surface area contributed by atoms with Crippen LogP contribution in [0.3, 0.4) is 0 Å². The van der Waals surface area contributed by atoms with Crippen LogP contribution in [0.1, 0.15) is 29.5 Å². The average molecular weight is 310 g/mol. The lowest BCUT2D eigenvalue weighted by Gasteiger charge is -2.13. The molecule has 0 aliphatic heterocycles. The maximum atomic E-state index is 11.9. The molecule has 0 spiro atoms. The molecule has 2 nitrogen and oxygen atoms in total. The van der Waals surface area contributed by atoms with E-state index in [9.17, 15) is 4.79 Å². The van der Waals surface area contributed by atoms with Gasteiger partial charge in [0.1, 0.15) is 0 Å². The monoisotopic (exact) mass is 309 g/mol. The zero-order valence-electron chi connectivity index (χ0n) is 11.1. The summed E-state index contributed by atoms with van der Waals surface area (Å²) in [5.41, 5.74) is 3.88. The Morgan fingerprint density at radius 1 is 1.39 bits per heavy atom. The van der Waals surface area contributed by atoms with Crippen molar-refractivity contribution in [2.24, 2.45) is 5.41 Å². The number of halogens is 1. The molecule has 0 atom stereocenters. The van der Waals surface area contributed by atoms with Crippen LogP contribution in [0.5, 0.6) is 0 Å². The SMILES string of the molecule is Cc1ccc(C)c(CC(=O)NCC2(CBr)CC2)c1. The maximum Gasteiger partial charge on any atom is 0.224 e. The van der Waals surface area contributed by atoms with E-state index in [0.29, 0.717) is 11.8 Å². The molecular formula is C15H20BrNO. The quantitative estimate of drug-likeness (QED) is 0.832. The summed E-state index contributed by atoms with van der Waals surface area (Å²) >= 11 is 3.52. The van der Waals surface area contributed by atoms with Crippen molar-refractivity contribution in [1.82, 2.24) is 5.32 Å². The third-order valence-electron chi connectivity index (χ3n) is 3.76. The van der Waals surface area contributed by atoms with Gasteiger partial charge in [-0.3, -0.25) is 4.79 Å². The number of benzene rings is 1. The molecule has 98 valence electrons. The van der Waals surface area contributed by atoms with Gasteiger partial charge in [0.2, 0.25) is 5.91 Å². The van der Waals surface area contributed by atoms with Crippen LogP contribution >= 0.6 is 15.9 Å². The second-order valence-electron chi connectivity index (χ2n) is 5.52. The zero-order valence-corrected chi connectivity index (χ0v) is 12.6. The number of aryl methyl sites for hydroxylation is 2. The molecule has 1 aromatic rings. The van der Waals surface area contributed by atoms with Gasteiger partial charge in [-0.15, -0.1) is 0 Å². The summed E-state index contributed by atoms with van der Waals surface area (Å²) in [5.74, 6) is 0.135. The first-order chi connectivity index (χ1) is 8.54. The molecule has 0 heterocycles. The molecule has 1 fully saturated rings. The topological polar surface area (TPSA) is 29.1 Å².